The molecule has 2 heterocycles. The van der Waals surface area contributed by atoms with Gasteiger partial charge in [-0.05, 0) is 42.3 Å². The van der Waals surface area contributed by atoms with E-state index in [1.807, 2.05) is 35.2 Å². The smallest absolute Gasteiger partial charge is 0.271 e. The van der Waals surface area contributed by atoms with Crippen molar-refractivity contribution in [1.82, 2.24) is 19.7 Å². The summed E-state index contributed by atoms with van der Waals surface area (Å²) in [5, 5.41) is 6.78. The molecule has 0 aliphatic heterocycles. The van der Waals surface area contributed by atoms with Crippen molar-refractivity contribution >= 4 is 5.91 Å². The van der Waals surface area contributed by atoms with Crippen molar-refractivity contribution in [2.75, 3.05) is 6.54 Å². The molecule has 7 heteroatoms. The van der Waals surface area contributed by atoms with Gasteiger partial charge in [0.1, 0.15) is 11.5 Å². The van der Waals surface area contributed by atoms with Gasteiger partial charge in [-0.3, -0.25) is 9.59 Å². The third-order valence-electron chi connectivity index (χ3n) is 4.10. The second kappa shape index (κ2) is 7.77. The first-order valence-corrected chi connectivity index (χ1v) is 8.22. The van der Waals surface area contributed by atoms with Crippen LogP contribution in [0.25, 0.3) is 0 Å². The Kier molecular flexibility index (Phi) is 5.26. The summed E-state index contributed by atoms with van der Waals surface area (Å²) in [6.45, 7) is 0.342. The highest BCUT2D eigenvalue weighted by molar-refractivity contribution is 5.91. The van der Waals surface area contributed by atoms with Crippen LogP contribution < -0.4 is 10.9 Å². The van der Waals surface area contributed by atoms with Crippen LogP contribution in [0.15, 0.2) is 65.7 Å². The molecule has 3 rings (SSSR count). The largest absolute Gasteiger partial charge is 0.349 e. The number of benzene rings is 1. The molecule has 1 atom stereocenters. The van der Waals surface area contributed by atoms with Crippen LogP contribution in [0.3, 0.4) is 0 Å². The minimum absolute atomic E-state index is 0.0803. The molecule has 0 bridgehead atoms. The van der Waals surface area contributed by atoms with Gasteiger partial charge in [0.05, 0.1) is 6.04 Å². The molecule has 0 saturated carbocycles. The SMILES string of the molecule is Cn1nc(C(=O)NC[C@@H](Cc2cccc(F)c2)n2cccc2)ccc1=O. The molecule has 0 radical (unpaired) electrons. The van der Waals surface area contributed by atoms with E-state index in [0.717, 1.165) is 10.2 Å². The third-order valence-corrected chi connectivity index (χ3v) is 4.10. The number of nitrogens with zero attached hydrogens (tertiary/aromatic N) is 3. The molecule has 2 aromatic heterocycles. The maximum atomic E-state index is 13.5. The second-order valence-corrected chi connectivity index (χ2v) is 6.01. The van der Waals surface area contributed by atoms with Crippen molar-refractivity contribution in [1.29, 1.82) is 0 Å². The molecule has 6 nitrogen and oxygen atoms in total. The second-order valence-electron chi connectivity index (χ2n) is 6.01. The molecule has 134 valence electrons. The van der Waals surface area contributed by atoms with Gasteiger partial charge in [-0.1, -0.05) is 12.1 Å². The Morgan fingerprint density at radius 3 is 2.65 bits per heavy atom. The lowest BCUT2D eigenvalue weighted by Crippen LogP contribution is -2.33. The molecular formula is C19H19FN4O2. The van der Waals surface area contributed by atoms with E-state index in [2.05, 4.69) is 10.4 Å². The Bertz CT molecular complexity index is 950. The van der Waals surface area contributed by atoms with Crippen molar-refractivity contribution in [2.24, 2.45) is 7.05 Å². The molecule has 1 N–H and O–H groups in total. The van der Waals surface area contributed by atoms with E-state index < -0.39 is 0 Å². The molecule has 1 aromatic carbocycles. The molecular weight excluding hydrogens is 335 g/mol. The Hall–Kier alpha value is -3.22. The molecule has 26 heavy (non-hydrogen) atoms. The van der Waals surface area contributed by atoms with E-state index >= 15 is 0 Å². The maximum Gasteiger partial charge on any atom is 0.271 e. The quantitative estimate of drug-likeness (QED) is 0.735. The zero-order valence-electron chi connectivity index (χ0n) is 14.3. The summed E-state index contributed by atoms with van der Waals surface area (Å²) in [5.74, 6) is -0.649. The number of halogens is 1. The van der Waals surface area contributed by atoms with Crippen LogP contribution >= 0.6 is 0 Å². The normalized spacial score (nSPS) is 11.9. The van der Waals surface area contributed by atoms with Gasteiger partial charge in [0.25, 0.3) is 11.5 Å². The van der Waals surface area contributed by atoms with Gasteiger partial charge in [-0.2, -0.15) is 5.10 Å². The monoisotopic (exact) mass is 354 g/mol. The van der Waals surface area contributed by atoms with E-state index in [1.165, 1.54) is 31.3 Å². The van der Waals surface area contributed by atoms with Gasteiger partial charge in [0, 0.05) is 32.1 Å². The molecule has 0 spiro atoms. The third kappa shape index (κ3) is 4.24. The van der Waals surface area contributed by atoms with Crippen molar-refractivity contribution in [2.45, 2.75) is 12.5 Å². The lowest BCUT2D eigenvalue weighted by atomic mass is 10.1. The van der Waals surface area contributed by atoms with Gasteiger partial charge < -0.3 is 9.88 Å². The minimum atomic E-state index is -0.364. The van der Waals surface area contributed by atoms with E-state index in [4.69, 9.17) is 0 Å². The van der Waals surface area contributed by atoms with Crippen molar-refractivity contribution in [3.63, 3.8) is 0 Å². The fourth-order valence-electron chi connectivity index (χ4n) is 2.73. The van der Waals surface area contributed by atoms with Gasteiger partial charge >= 0.3 is 0 Å². The number of aryl methyl sites for hydroxylation is 1. The highest BCUT2D eigenvalue weighted by Crippen LogP contribution is 2.15. The molecule has 1 amide bonds. The summed E-state index contributed by atoms with van der Waals surface area (Å²) in [5.41, 5.74) is 0.736. The Balaban J connectivity index is 1.72. The van der Waals surface area contributed by atoms with Crippen LogP contribution in [0.4, 0.5) is 4.39 Å². The summed E-state index contributed by atoms with van der Waals surface area (Å²) in [7, 11) is 1.49. The van der Waals surface area contributed by atoms with Crippen LogP contribution in [0, 0.1) is 5.82 Å². The van der Waals surface area contributed by atoms with Crippen molar-refractivity contribution in [3.05, 3.63) is 88.4 Å². The molecule has 0 unspecified atom stereocenters. The average molecular weight is 354 g/mol. The lowest BCUT2D eigenvalue weighted by Gasteiger charge is -2.20. The van der Waals surface area contributed by atoms with E-state index in [9.17, 15) is 14.0 Å². The summed E-state index contributed by atoms with van der Waals surface area (Å²) >= 11 is 0. The Morgan fingerprint density at radius 2 is 1.96 bits per heavy atom. The van der Waals surface area contributed by atoms with Crippen LogP contribution in [0.2, 0.25) is 0 Å². The first-order chi connectivity index (χ1) is 12.5. The first kappa shape index (κ1) is 17.6. The summed E-state index contributed by atoms with van der Waals surface area (Å²) < 4.78 is 16.5. The summed E-state index contributed by atoms with van der Waals surface area (Å²) in [6.07, 6.45) is 4.37. The zero-order valence-corrected chi connectivity index (χ0v) is 14.3. The Morgan fingerprint density at radius 1 is 1.19 bits per heavy atom. The van der Waals surface area contributed by atoms with Crippen molar-refractivity contribution in [3.8, 4) is 0 Å². The number of nitrogens with one attached hydrogen (secondary N) is 1. The lowest BCUT2D eigenvalue weighted by molar-refractivity contribution is 0.0940. The van der Waals surface area contributed by atoms with Gasteiger partial charge in [0.15, 0.2) is 0 Å². The molecule has 3 aromatic rings. The number of aromatic nitrogens is 3. The van der Waals surface area contributed by atoms with E-state index in [-0.39, 0.29) is 29.0 Å². The van der Waals surface area contributed by atoms with Crippen LogP contribution in [-0.4, -0.2) is 26.8 Å². The van der Waals surface area contributed by atoms with Crippen LogP contribution in [0.5, 0.6) is 0 Å². The van der Waals surface area contributed by atoms with E-state index in [0.29, 0.717) is 13.0 Å². The molecule has 0 saturated heterocycles. The summed E-state index contributed by atoms with van der Waals surface area (Å²) in [4.78, 5) is 23.7. The zero-order chi connectivity index (χ0) is 18.5. The predicted octanol–water partition coefficient (Wildman–Crippen LogP) is 1.93. The fourth-order valence-corrected chi connectivity index (χ4v) is 2.73. The number of amides is 1. The Labute approximate surface area is 149 Å². The van der Waals surface area contributed by atoms with Crippen LogP contribution in [0.1, 0.15) is 22.1 Å². The average Bonchev–Trinajstić information content (AvgIpc) is 3.15. The van der Waals surface area contributed by atoms with Crippen LogP contribution in [-0.2, 0) is 13.5 Å². The topological polar surface area (TPSA) is 68.9 Å². The maximum absolute atomic E-state index is 13.5. The van der Waals surface area contributed by atoms with Gasteiger partial charge in [0.2, 0.25) is 0 Å². The number of carbonyl (C=O) groups excluding carboxylic acids is 1. The highest BCUT2D eigenvalue weighted by Gasteiger charge is 2.15. The molecule has 0 aliphatic rings. The number of rotatable bonds is 6. The number of carbonyl (C=O) groups is 1. The minimum Gasteiger partial charge on any atom is -0.349 e. The van der Waals surface area contributed by atoms with Crippen molar-refractivity contribution < 1.29 is 9.18 Å². The molecule has 0 aliphatic carbocycles. The molecule has 0 fully saturated rings. The first-order valence-electron chi connectivity index (χ1n) is 8.22. The summed E-state index contributed by atoms with van der Waals surface area (Å²) in [6, 6.07) is 12.8. The number of hydrogen-bond donors (Lipinski definition) is 1. The van der Waals surface area contributed by atoms with E-state index in [1.54, 1.807) is 6.07 Å². The predicted molar refractivity (Wildman–Crippen MR) is 95.4 cm³/mol. The van der Waals surface area contributed by atoms with Gasteiger partial charge in [-0.15, -0.1) is 0 Å². The number of hydrogen-bond acceptors (Lipinski definition) is 3. The van der Waals surface area contributed by atoms with Gasteiger partial charge in [-0.25, -0.2) is 9.07 Å². The fraction of sp³-hybridized carbons (Fsp3) is 0.211. The standard InChI is InChI=1S/C19H19FN4O2/c1-23-18(25)8-7-17(22-23)19(26)21-13-16(24-9-2-3-10-24)12-14-5-4-6-15(20)11-14/h2-11,16H,12-13H2,1H3,(H,21,26)/t16-/m1/s1. The highest BCUT2D eigenvalue weighted by atomic mass is 19.1.